The Bertz CT molecular complexity index is 1070. The Morgan fingerprint density at radius 2 is 1.69 bits per heavy atom. The highest BCUT2D eigenvalue weighted by Gasteiger charge is 2.20. The standard InChI is InChI=1S/C21H18N2OS2/c1-12-8-10-15(11-9-12)19(24)23-21-18(13(2)14(3)25-21)20-22-16-6-4-5-7-17(16)26-20/h4-11H,1-3H3,(H,23,24). The number of nitrogens with one attached hydrogen (secondary N) is 1. The summed E-state index contributed by atoms with van der Waals surface area (Å²) in [4.78, 5) is 18.7. The zero-order valence-corrected chi connectivity index (χ0v) is 16.4. The fourth-order valence-electron chi connectivity index (χ4n) is 2.83. The Morgan fingerprint density at radius 1 is 0.962 bits per heavy atom. The molecule has 0 aliphatic carbocycles. The molecular formula is C21H18N2OS2. The number of hydrogen-bond donors (Lipinski definition) is 1. The predicted molar refractivity (Wildman–Crippen MR) is 112 cm³/mol. The van der Waals surface area contributed by atoms with Gasteiger partial charge in [-0.2, -0.15) is 0 Å². The number of para-hydroxylation sites is 1. The highest BCUT2D eigenvalue weighted by molar-refractivity contribution is 7.22. The number of carbonyl (C=O) groups excluding carboxylic acids is 1. The second-order valence-corrected chi connectivity index (χ2v) is 8.55. The molecular weight excluding hydrogens is 360 g/mol. The van der Waals surface area contributed by atoms with Gasteiger partial charge in [-0.15, -0.1) is 22.7 Å². The van der Waals surface area contributed by atoms with Gasteiger partial charge in [0.05, 0.1) is 10.2 Å². The lowest BCUT2D eigenvalue weighted by atomic mass is 10.1. The van der Waals surface area contributed by atoms with Crippen LogP contribution in [0.4, 0.5) is 5.00 Å². The van der Waals surface area contributed by atoms with Crippen LogP contribution in [0.15, 0.2) is 48.5 Å². The second-order valence-electron chi connectivity index (χ2n) is 6.29. The second kappa shape index (κ2) is 6.67. The van der Waals surface area contributed by atoms with Crippen LogP contribution in [0.3, 0.4) is 0 Å². The number of aromatic nitrogens is 1. The molecule has 4 aromatic rings. The topological polar surface area (TPSA) is 42.0 Å². The number of thiazole rings is 1. The van der Waals surface area contributed by atoms with Crippen molar-refractivity contribution in [2.75, 3.05) is 5.32 Å². The first kappa shape index (κ1) is 16.9. The van der Waals surface area contributed by atoms with Gasteiger partial charge in [-0.3, -0.25) is 4.79 Å². The van der Waals surface area contributed by atoms with E-state index in [-0.39, 0.29) is 5.91 Å². The number of benzene rings is 2. The maximum atomic E-state index is 12.7. The lowest BCUT2D eigenvalue weighted by Crippen LogP contribution is -2.11. The summed E-state index contributed by atoms with van der Waals surface area (Å²) in [6.07, 6.45) is 0. The number of fused-ring (bicyclic) bond motifs is 1. The van der Waals surface area contributed by atoms with Gasteiger partial charge >= 0.3 is 0 Å². The summed E-state index contributed by atoms with van der Waals surface area (Å²) in [7, 11) is 0. The van der Waals surface area contributed by atoms with Gasteiger partial charge in [-0.25, -0.2) is 4.98 Å². The van der Waals surface area contributed by atoms with Gasteiger partial charge in [0.25, 0.3) is 5.91 Å². The Hall–Kier alpha value is -2.50. The van der Waals surface area contributed by atoms with E-state index in [1.807, 2.05) is 49.4 Å². The van der Waals surface area contributed by atoms with E-state index in [1.54, 1.807) is 22.7 Å². The summed E-state index contributed by atoms with van der Waals surface area (Å²) in [5.74, 6) is -0.0892. The number of amides is 1. The fourth-order valence-corrected chi connectivity index (χ4v) is 5.03. The van der Waals surface area contributed by atoms with E-state index in [4.69, 9.17) is 4.98 Å². The van der Waals surface area contributed by atoms with Gasteiger partial charge in [-0.05, 0) is 50.6 Å². The first-order valence-electron chi connectivity index (χ1n) is 8.37. The number of thiophene rings is 1. The molecule has 26 heavy (non-hydrogen) atoms. The zero-order chi connectivity index (χ0) is 18.3. The summed E-state index contributed by atoms with van der Waals surface area (Å²) < 4.78 is 1.15. The third kappa shape index (κ3) is 3.04. The van der Waals surface area contributed by atoms with Crippen LogP contribution < -0.4 is 5.32 Å². The normalized spacial score (nSPS) is 11.0. The van der Waals surface area contributed by atoms with Crippen molar-refractivity contribution in [2.45, 2.75) is 20.8 Å². The van der Waals surface area contributed by atoms with Crippen LogP contribution in [0.25, 0.3) is 20.8 Å². The molecule has 0 aliphatic heterocycles. The summed E-state index contributed by atoms with van der Waals surface area (Å²) in [6, 6.07) is 15.7. The number of anilines is 1. The van der Waals surface area contributed by atoms with Crippen LogP contribution in [-0.2, 0) is 0 Å². The van der Waals surface area contributed by atoms with E-state index in [2.05, 4.69) is 25.2 Å². The van der Waals surface area contributed by atoms with E-state index < -0.39 is 0 Å². The molecule has 0 aliphatic rings. The van der Waals surface area contributed by atoms with Crippen molar-refractivity contribution in [2.24, 2.45) is 0 Å². The Kier molecular flexibility index (Phi) is 4.34. The van der Waals surface area contributed by atoms with Crippen LogP contribution in [0, 0.1) is 20.8 Å². The summed E-state index contributed by atoms with van der Waals surface area (Å²) >= 11 is 3.27. The van der Waals surface area contributed by atoms with Gasteiger partial charge in [0.2, 0.25) is 0 Å². The van der Waals surface area contributed by atoms with E-state index in [1.165, 1.54) is 10.4 Å². The first-order valence-corrected chi connectivity index (χ1v) is 10.00. The van der Waals surface area contributed by atoms with Crippen molar-refractivity contribution in [1.82, 2.24) is 4.98 Å². The van der Waals surface area contributed by atoms with Crippen LogP contribution in [0.5, 0.6) is 0 Å². The van der Waals surface area contributed by atoms with E-state index in [0.29, 0.717) is 5.56 Å². The molecule has 0 saturated heterocycles. The minimum Gasteiger partial charge on any atom is -0.313 e. The van der Waals surface area contributed by atoms with Crippen LogP contribution in [0.1, 0.15) is 26.4 Å². The van der Waals surface area contributed by atoms with Crippen molar-refractivity contribution in [3.05, 3.63) is 70.1 Å². The lowest BCUT2D eigenvalue weighted by Gasteiger charge is -2.06. The highest BCUT2D eigenvalue weighted by Crippen LogP contribution is 2.43. The number of aryl methyl sites for hydroxylation is 2. The monoisotopic (exact) mass is 378 g/mol. The quantitative estimate of drug-likeness (QED) is 0.461. The summed E-state index contributed by atoms with van der Waals surface area (Å²) in [5.41, 5.74) is 5.00. The van der Waals surface area contributed by atoms with Gasteiger partial charge < -0.3 is 5.32 Å². The molecule has 0 radical (unpaired) electrons. The molecule has 4 rings (SSSR count). The maximum absolute atomic E-state index is 12.7. The fraction of sp³-hybridized carbons (Fsp3) is 0.143. The number of rotatable bonds is 3. The predicted octanol–water partition coefficient (Wildman–Crippen LogP) is 6.20. The van der Waals surface area contributed by atoms with Crippen molar-refractivity contribution in [3.63, 3.8) is 0 Å². The minimum atomic E-state index is -0.0892. The molecule has 0 saturated carbocycles. The molecule has 1 N–H and O–H groups in total. The average molecular weight is 379 g/mol. The first-order chi connectivity index (χ1) is 12.5. The van der Waals surface area contributed by atoms with Crippen LogP contribution >= 0.6 is 22.7 Å². The van der Waals surface area contributed by atoms with E-state index in [9.17, 15) is 4.79 Å². The molecule has 2 aromatic heterocycles. The number of carbonyl (C=O) groups is 1. The molecule has 2 heterocycles. The van der Waals surface area contributed by atoms with E-state index in [0.717, 1.165) is 31.4 Å². The Labute approximate surface area is 160 Å². The SMILES string of the molecule is Cc1ccc(C(=O)Nc2sc(C)c(C)c2-c2nc3ccccc3s2)cc1. The zero-order valence-electron chi connectivity index (χ0n) is 14.8. The van der Waals surface area contributed by atoms with E-state index >= 15 is 0 Å². The molecule has 0 fully saturated rings. The molecule has 5 heteroatoms. The van der Waals surface area contributed by atoms with Crippen molar-refractivity contribution < 1.29 is 4.79 Å². The lowest BCUT2D eigenvalue weighted by molar-refractivity contribution is 0.102. The smallest absolute Gasteiger partial charge is 0.256 e. The molecule has 0 bridgehead atoms. The Morgan fingerprint density at radius 3 is 2.42 bits per heavy atom. The van der Waals surface area contributed by atoms with Crippen LogP contribution in [-0.4, -0.2) is 10.9 Å². The summed E-state index contributed by atoms with van der Waals surface area (Å²) in [5, 5.41) is 4.91. The minimum absolute atomic E-state index is 0.0892. The molecule has 1 amide bonds. The average Bonchev–Trinajstić information content (AvgIpc) is 3.16. The van der Waals surface area contributed by atoms with Crippen LogP contribution in [0.2, 0.25) is 0 Å². The number of hydrogen-bond acceptors (Lipinski definition) is 4. The van der Waals surface area contributed by atoms with Crippen molar-refractivity contribution in [3.8, 4) is 10.6 Å². The van der Waals surface area contributed by atoms with Crippen molar-refractivity contribution in [1.29, 1.82) is 0 Å². The molecule has 0 spiro atoms. The molecule has 130 valence electrons. The molecule has 0 unspecified atom stereocenters. The molecule has 3 nitrogen and oxygen atoms in total. The summed E-state index contributed by atoms with van der Waals surface area (Å²) in [6.45, 7) is 6.19. The largest absolute Gasteiger partial charge is 0.313 e. The molecule has 0 atom stereocenters. The van der Waals surface area contributed by atoms with Gasteiger partial charge in [0, 0.05) is 16.0 Å². The number of nitrogens with zero attached hydrogens (tertiary/aromatic N) is 1. The van der Waals surface area contributed by atoms with Gasteiger partial charge in [0.15, 0.2) is 0 Å². The molecule has 2 aromatic carbocycles. The van der Waals surface area contributed by atoms with Gasteiger partial charge in [-0.1, -0.05) is 29.8 Å². The maximum Gasteiger partial charge on any atom is 0.256 e. The highest BCUT2D eigenvalue weighted by atomic mass is 32.1. The third-order valence-electron chi connectivity index (χ3n) is 4.43. The third-order valence-corrected chi connectivity index (χ3v) is 6.61. The van der Waals surface area contributed by atoms with Crippen molar-refractivity contribution >= 4 is 43.8 Å². The Balaban J connectivity index is 1.74. The van der Waals surface area contributed by atoms with Gasteiger partial charge in [0.1, 0.15) is 10.0 Å².